The maximum Gasteiger partial charge on any atom is 0.434 e. The van der Waals surface area contributed by atoms with Crippen LogP contribution in [0.4, 0.5) is 13.2 Å². The van der Waals surface area contributed by atoms with Gasteiger partial charge >= 0.3 is 6.18 Å². The van der Waals surface area contributed by atoms with Crippen molar-refractivity contribution < 1.29 is 13.2 Å². The second-order valence-corrected chi connectivity index (χ2v) is 6.81. The molecule has 0 saturated heterocycles. The number of aromatic nitrogens is 1. The van der Waals surface area contributed by atoms with Crippen molar-refractivity contribution in [3.63, 3.8) is 0 Å². The van der Waals surface area contributed by atoms with Crippen molar-refractivity contribution in [1.29, 1.82) is 0 Å². The van der Waals surface area contributed by atoms with E-state index in [1.165, 1.54) is 11.3 Å². The highest BCUT2D eigenvalue weighted by Crippen LogP contribution is 2.45. The molecule has 1 aliphatic carbocycles. The third-order valence-corrected chi connectivity index (χ3v) is 3.91. The molecule has 1 aromatic rings. The molecule has 1 saturated carbocycles. The second-order valence-electron chi connectivity index (χ2n) is 5.70. The number of nitrogens with one attached hydrogen (secondary N) is 1. The van der Waals surface area contributed by atoms with Gasteiger partial charge in [0.15, 0.2) is 5.69 Å². The highest BCUT2D eigenvalue weighted by Gasteiger charge is 2.39. The van der Waals surface area contributed by atoms with Crippen LogP contribution in [0.2, 0.25) is 0 Å². The number of rotatable bonds is 3. The Labute approximate surface area is 109 Å². The first kappa shape index (κ1) is 13.8. The zero-order valence-electron chi connectivity index (χ0n) is 10.7. The van der Waals surface area contributed by atoms with E-state index >= 15 is 0 Å². The molecule has 0 atom stereocenters. The molecule has 0 unspecified atom stereocenters. The number of nitrogens with zero attached hydrogens (tertiary/aromatic N) is 1. The lowest BCUT2D eigenvalue weighted by molar-refractivity contribution is -0.141. The molecule has 0 aliphatic heterocycles. The molecule has 0 amide bonds. The molecule has 18 heavy (non-hydrogen) atoms. The summed E-state index contributed by atoms with van der Waals surface area (Å²) in [5.74, 6) is 0.263. The van der Waals surface area contributed by atoms with E-state index in [1.54, 1.807) is 0 Å². The summed E-state index contributed by atoms with van der Waals surface area (Å²) in [4.78, 5) is 4.10. The van der Waals surface area contributed by atoms with Crippen molar-refractivity contribution in [2.75, 3.05) is 0 Å². The molecule has 1 aromatic heterocycles. The van der Waals surface area contributed by atoms with E-state index in [2.05, 4.69) is 10.3 Å². The SMILES string of the molecule is CC(C)(C)NCc1sc(C2CC2)nc1C(F)(F)F. The number of thiazole rings is 1. The Morgan fingerprint density at radius 1 is 1.28 bits per heavy atom. The van der Waals surface area contributed by atoms with Crippen LogP contribution in [0.1, 0.15) is 55.1 Å². The van der Waals surface area contributed by atoms with Gasteiger partial charge < -0.3 is 5.32 Å². The Hall–Kier alpha value is -0.620. The van der Waals surface area contributed by atoms with Gasteiger partial charge in [0.25, 0.3) is 0 Å². The monoisotopic (exact) mass is 278 g/mol. The lowest BCUT2D eigenvalue weighted by Crippen LogP contribution is -2.35. The van der Waals surface area contributed by atoms with Crippen LogP contribution in [0.3, 0.4) is 0 Å². The lowest BCUT2D eigenvalue weighted by Gasteiger charge is -2.20. The summed E-state index contributed by atoms with van der Waals surface area (Å²) < 4.78 is 38.6. The van der Waals surface area contributed by atoms with E-state index in [-0.39, 0.29) is 18.0 Å². The molecule has 0 aromatic carbocycles. The van der Waals surface area contributed by atoms with Crippen molar-refractivity contribution in [1.82, 2.24) is 10.3 Å². The zero-order chi connectivity index (χ0) is 13.6. The highest BCUT2D eigenvalue weighted by atomic mass is 32.1. The fraction of sp³-hybridized carbons (Fsp3) is 0.750. The standard InChI is InChI=1S/C12H17F3N2S/c1-11(2,3)16-6-8-9(12(13,14)15)17-10(18-8)7-4-5-7/h7,16H,4-6H2,1-3H3. The Morgan fingerprint density at radius 3 is 2.33 bits per heavy atom. The summed E-state index contributed by atoms with van der Waals surface area (Å²) in [6.07, 6.45) is -2.41. The average molecular weight is 278 g/mol. The Balaban J connectivity index is 2.21. The van der Waals surface area contributed by atoms with Gasteiger partial charge in [-0.3, -0.25) is 0 Å². The van der Waals surface area contributed by atoms with E-state index in [0.717, 1.165) is 12.8 Å². The van der Waals surface area contributed by atoms with E-state index in [0.29, 0.717) is 9.88 Å². The summed E-state index contributed by atoms with van der Waals surface area (Å²) in [5, 5.41) is 3.74. The molecule has 2 nitrogen and oxygen atoms in total. The summed E-state index contributed by atoms with van der Waals surface area (Å²) in [7, 11) is 0. The molecule has 1 heterocycles. The largest absolute Gasteiger partial charge is 0.434 e. The maximum absolute atomic E-state index is 12.9. The number of hydrogen-bond acceptors (Lipinski definition) is 3. The molecule has 102 valence electrons. The fourth-order valence-corrected chi connectivity index (χ4v) is 2.76. The van der Waals surface area contributed by atoms with Crippen molar-refractivity contribution in [2.45, 2.75) is 57.8 Å². The van der Waals surface area contributed by atoms with Gasteiger partial charge in [0.05, 0.1) is 9.88 Å². The predicted molar refractivity (Wildman–Crippen MR) is 65.7 cm³/mol. The smallest absolute Gasteiger partial charge is 0.307 e. The van der Waals surface area contributed by atoms with Crippen LogP contribution in [0.15, 0.2) is 0 Å². The lowest BCUT2D eigenvalue weighted by atomic mass is 10.1. The minimum absolute atomic E-state index is 0.202. The van der Waals surface area contributed by atoms with Crippen LogP contribution in [0, 0.1) is 0 Å². The van der Waals surface area contributed by atoms with Gasteiger partial charge in [0.1, 0.15) is 0 Å². The van der Waals surface area contributed by atoms with E-state index in [4.69, 9.17) is 0 Å². The Morgan fingerprint density at radius 2 is 1.89 bits per heavy atom. The molecule has 1 aliphatic rings. The zero-order valence-corrected chi connectivity index (χ0v) is 11.5. The van der Waals surface area contributed by atoms with Crippen molar-refractivity contribution >= 4 is 11.3 Å². The summed E-state index contributed by atoms with van der Waals surface area (Å²) in [6, 6.07) is 0. The van der Waals surface area contributed by atoms with Gasteiger partial charge in [-0.25, -0.2) is 4.98 Å². The van der Waals surface area contributed by atoms with Crippen LogP contribution in [-0.4, -0.2) is 10.5 Å². The molecule has 1 N–H and O–H groups in total. The summed E-state index contributed by atoms with van der Waals surface area (Å²) in [6.45, 7) is 6.03. The first-order valence-electron chi connectivity index (χ1n) is 5.98. The van der Waals surface area contributed by atoms with E-state index in [9.17, 15) is 13.2 Å². The third kappa shape index (κ3) is 3.45. The van der Waals surface area contributed by atoms with Gasteiger partial charge in [-0.15, -0.1) is 11.3 Å². The Kier molecular flexibility index (Phi) is 3.44. The van der Waals surface area contributed by atoms with Gasteiger partial charge in [0, 0.05) is 18.0 Å². The molecule has 0 spiro atoms. The van der Waals surface area contributed by atoms with Crippen molar-refractivity contribution in [2.24, 2.45) is 0 Å². The van der Waals surface area contributed by atoms with Crippen LogP contribution in [0.5, 0.6) is 0 Å². The van der Waals surface area contributed by atoms with Crippen molar-refractivity contribution in [3.8, 4) is 0 Å². The van der Waals surface area contributed by atoms with Crippen LogP contribution in [0.25, 0.3) is 0 Å². The molecule has 0 radical (unpaired) electrons. The molecule has 6 heteroatoms. The van der Waals surface area contributed by atoms with Crippen molar-refractivity contribution in [3.05, 3.63) is 15.6 Å². The quantitative estimate of drug-likeness (QED) is 0.906. The van der Waals surface area contributed by atoms with E-state index < -0.39 is 11.9 Å². The summed E-state index contributed by atoms with van der Waals surface area (Å²) >= 11 is 1.20. The van der Waals surface area contributed by atoms with Crippen LogP contribution in [-0.2, 0) is 12.7 Å². The minimum Gasteiger partial charge on any atom is -0.307 e. The fourth-order valence-electron chi connectivity index (χ4n) is 1.56. The van der Waals surface area contributed by atoms with Gasteiger partial charge in [-0.2, -0.15) is 13.2 Å². The molecule has 2 rings (SSSR count). The molecular formula is C12H17F3N2S. The third-order valence-electron chi connectivity index (χ3n) is 2.69. The molecule has 0 bridgehead atoms. The Bertz CT molecular complexity index is 428. The van der Waals surface area contributed by atoms with Gasteiger partial charge in [0.2, 0.25) is 0 Å². The average Bonchev–Trinajstić information content (AvgIpc) is 2.93. The summed E-state index contributed by atoms with van der Waals surface area (Å²) in [5.41, 5.74) is -0.904. The molecular weight excluding hydrogens is 261 g/mol. The number of halogens is 3. The number of alkyl halides is 3. The van der Waals surface area contributed by atoms with Gasteiger partial charge in [-0.1, -0.05) is 0 Å². The minimum atomic E-state index is -4.35. The first-order valence-corrected chi connectivity index (χ1v) is 6.80. The second kappa shape index (κ2) is 4.49. The first-order chi connectivity index (χ1) is 8.17. The van der Waals surface area contributed by atoms with E-state index in [1.807, 2.05) is 20.8 Å². The highest BCUT2D eigenvalue weighted by molar-refractivity contribution is 7.11. The topological polar surface area (TPSA) is 24.9 Å². The maximum atomic E-state index is 12.9. The normalized spacial score (nSPS) is 17.2. The van der Waals surface area contributed by atoms with Crippen LogP contribution >= 0.6 is 11.3 Å². The number of hydrogen-bond donors (Lipinski definition) is 1. The van der Waals surface area contributed by atoms with Crippen LogP contribution < -0.4 is 5.32 Å². The predicted octanol–water partition coefficient (Wildman–Crippen LogP) is 3.93. The molecule has 1 fully saturated rings. The van der Waals surface area contributed by atoms with Gasteiger partial charge in [-0.05, 0) is 33.6 Å².